The molecule has 1 heterocycles. The largest absolute Gasteiger partial charge is 0.495 e. The Morgan fingerprint density at radius 3 is 2.25 bits per heavy atom. The number of ether oxygens (including phenoxy) is 2. The number of nitrogens with zero attached hydrogens (tertiary/aromatic N) is 2. The molecule has 0 unspecified atom stereocenters. The molecule has 0 fully saturated rings. The van der Waals surface area contributed by atoms with Gasteiger partial charge < -0.3 is 20.1 Å². The number of anilines is 4. The fourth-order valence-corrected chi connectivity index (χ4v) is 2.95. The Kier molecular flexibility index (Phi) is 5.90. The molecular formula is C21H23ClN4O2. The first-order valence-electron chi connectivity index (χ1n) is 8.78. The maximum absolute atomic E-state index is 6.19. The zero-order valence-corrected chi connectivity index (χ0v) is 17.3. The number of halogens is 1. The lowest BCUT2D eigenvalue weighted by atomic mass is 10.2. The molecule has 2 N–H and O–H groups in total. The maximum Gasteiger partial charge on any atom is 0.229 e. The van der Waals surface area contributed by atoms with Crippen LogP contribution in [0.5, 0.6) is 11.5 Å². The van der Waals surface area contributed by atoms with Crippen LogP contribution in [-0.4, -0.2) is 24.2 Å². The molecule has 7 heteroatoms. The fraction of sp³-hybridized carbons (Fsp3) is 0.238. The Bertz CT molecular complexity index is 1010. The Labute approximate surface area is 169 Å². The van der Waals surface area contributed by atoms with Gasteiger partial charge in [-0.15, -0.1) is 0 Å². The first-order chi connectivity index (χ1) is 13.4. The van der Waals surface area contributed by atoms with Gasteiger partial charge in [0.25, 0.3) is 0 Å². The van der Waals surface area contributed by atoms with Gasteiger partial charge in [-0.1, -0.05) is 17.7 Å². The van der Waals surface area contributed by atoms with E-state index in [0.29, 0.717) is 22.5 Å². The highest BCUT2D eigenvalue weighted by molar-refractivity contribution is 6.31. The molecule has 6 nitrogen and oxygen atoms in total. The van der Waals surface area contributed by atoms with Gasteiger partial charge in [0, 0.05) is 22.8 Å². The van der Waals surface area contributed by atoms with Crippen molar-refractivity contribution >= 4 is 34.7 Å². The minimum Gasteiger partial charge on any atom is -0.495 e. The first kappa shape index (κ1) is 19.8. The molecule has 0 amide bonds. The summed E-state index contributed by atoms with van der Waals surface area (Å²) in [4.78, 5) is 9.06. The molecule has 0 aliphatic rings. The predicted molar refractivity (Wildman–Crippen MR) is 114 cm³/mol. The monoisotopic (exact) mass is 398 g/mol. The zero-order chi connectivity index (χ0) is 20.3. The highest BCUT2D eigenvalue weighted by Gasteiger charge is 2.11. The van der Waals surface area contributed by atoms with Gasteiger partial charge in [-0.3, -0.25) is 0 Å². The smallest absolute Gasteiger partial charge is 0.229 e. The van der Waals surface area contributed by atoms with Crippen molar-refractivity contribution in [2.24, 2.45) is 0 Å². The van der Waals surface area contributed by atoms with E-state index >= 15 is 0 Å². The van der Waals surface area contributed by atoms with Crippen molar-refractivity contribution in [2.45, 2.75) is 20.8 Å². The lowest BCUT2D eigenvalue weighted by Crippen LogP contribution is -2.04. The van der Waals surface area contributed by atoms with Gasteiger partial charge in [0.15, 0.2) is 0 Å². The van der Waals surface area contributed by atoms with E-state index in [4.69, 9.17) is 21.1 Å². The van der Waals surface area contributed by atoms with Crippen molar-refractivity contribution in [3.63, 3.8) is 0 Å². The second-order valence-corrected chi connectivity index (χ2v) is 6.88. The van der Waals surface area contributed by atoms with Gasteiger partial charge in [0.05, 0.1) is 25.6 Å². The van der Waals surface area contributed by atoms with Gasteiger partial charge in [-0.05, 0) is 50.1 Å². The summed E-state index contributed by atoms with van der Waals surface area (Å²) in [6.07, 6.45) is 0. The van der Waals surface area contributed by atoms with Crippen LogP contribution in [0.25, 0.3) is 0 Å². The molecule has 146 valence electrons. The zero-order valence-electron chi connectivity index (χ0n) is 16.6. The van der Waals surface area contributed by atoms with Crippen molar-refractivity contribution in [1.82, 2.24) is 9.97 Å². The van der Waals surface area contributed by atoms with Crippen LogP contribution in [0.2, 0.25) is 5.02 Å². The van der Waals surface area contributed by atoms with Gasteiger partial charge in [-0.25, -0.2) is 4.98 Å². The first-order valence-corrected chi connectivity index (χ1v) is 9.16. The van der Waals surface area contributed by atoms with Gasteiger partial charge in [-0.2, -0.15) is 4.98 Å². The quantitative estimate of drug-likeness (QED) is 0.566. The third-order valence-corrected chi connectivity index (χ3v) is 4.61. The van der Waals surface area contributed by atoms with E-state index < -0.39 is 0 Å². The number of aryl methyl sites for hydroxylation is 3. The average molecular weight is 399 g/mol. The van der Waals surface area contributed by atoms with E-state index in [9.17, 15) is 0 Å². The van der Waals surface area contributed by atoms with Crippen molar-refractivity contribution in [3.8, 4) is 11.5 Å². The molecule has 0 bridgehead atoms. The van der Waals surface area contributed by atoms with E-state index in [1.54, 1.807) is 20.3 Å². The summed E-state index contributed by atoms with van der Waals surface area (Å²) in [5.74, 6) is 2.47. The highest BCUT2D eigenvalue weighted by Crippen LogP contribution is 2.33. The minimum atomic E-state index is 0.469. The van der Waals surface area contributed by atoms with E-state index in [0.717, 1.165) is 33.9 Å². The van der Waals surface area contributed by atoms with Crippen molar-refractivity contribution < 1.29 is 9.47 Å². The molecule has 0 saturated carbocycles. The van der Waals surface area contributed by atoms with E-state index in [-0.39, 0.29) is 0 Å². The molecule has 0 atom stereocenters. The van der Waals surface area contributed by atoms with Crippen LogP contribution in [-0.2, 0) is 0 Å². The highest BCUT2D eigenvalue weighted by atomic mass is 35.5. The summed E-state index contributed by atoms with van der Waals surface area (Å²) >= 11 is 6.19. The molecule has 3 aromatic rings. The fourth-order valence-electron chi connectivity index (χ4n) is 2.80. The number of benzene rings is 2. The van der Waals surface area contributed by atoms with Crippen LogP contribution >= 0.6 is 11.6 Å². The molecule has 2 aromatic carbocycles. The van der Waals surface area contributed by atoms with Crippen molar-refractivity contribution in [2.75, 3.05) is 24.9 Å². The summed E-state index contributed by atoms with van der Waals surface area (Å²) < 4.78 is 10.9. The normalized spacial score (nSPS) is 10.5. The van der Waals surface area contributed by atoms with Gasteiger partial charge in [0.1, 0.15) is 17.3 Å². The van der Waals surface area contributed by atoms with Crippen LogP contribution in [0.15, 0.2) is 36.4 Å². The maximum atomic E-state index is 6.19. The van der Waals surface area contributed by atoms with Crippen molar-refractivity contribution in [1.29, 1.82) is 0 Å². The molecule has 0 aliphatic carbocycles. The molecule has 0 aliphatic heterocycles. The van der Waals surface area contributed by atoms with Gasteiger partial charge in [0.2, 0.25) is 5.95 Å². The Balaban J connectivity index is 1.93. The molecular weight excluding hydrogens is 376 g/mol. The number of hydrogen-bond acceptors (Lipinski definition) is 6. The summed E-state index contributed by atoms with van der Waals surface area (Å²) in [7, 11) is 3.24. The second kappa shape index (κ2) is 8.35. The lowest BCUT2D eigenvalue weighted by Gasteiger charge is -2.15. The SMILES string of the molecule is COc1cc(Cl)c(C)cc1Nc1cc(C)nc(Nc2cc(C)ccc2OC)n1. The molecule has 0 radical (unpaired) electrons. The molecule has 0 spiro atoms. The molecule has 28 heavy (non-hydrogen) atoms. The van der Waals surface area contributed by atoms with Crippen LogP contribution in [0, 0.1) is 20.8 Å². The Morgan fingerprint density at radius 2 is 1.54 bits per heavy atom. The number of rotatable bonds is 6. The summed E-state index contributed by atoms with van der Waals surface area (Å²) in [5, 5.41) is 7.18. The third-order valence-electron chi connectivity index (χ3n) is 4.20. The minimum absolute atomic E-state index is 0.469. The molecule has 0 saturated heterocycles. The van der Waals surface area contributed by atoms with Crippen molar-refractivity contribution in [3.05, 3.63) is 58.2 Å². The number of hydrogen-bond donors (Lipinski definition) is 2. The summed E-state index contributed by atoms with van der Waals surface area (Å²) in [5.41, 5.74) is 4.45. The number of aromatic nitrogens is 2. The van der Waals surface area contributed by atoms with E-state index in [1.807, 2.05) is 51.1 Å². The van der Waals surface area contributed by atoms with Gasteiger partial charge >= 0.3 is 0 Å². The topological polar surface area (TPSA) is 68.3 Å². The summed E-state index contributed by atoms with van der Waals surface area (Å²) in [6.45, 7) is 5.87. The van der Waals surface area contributed by atoms with Crippen LogP contribution in [0.1, 0.15) is 16.8 Å². The van der Waals surface area contributed by atoms with Crippen LogP contribution in [0.4, 0.5) is 23.1 Å². The number of nitrogens with one attached hydrogen (secondary N) is 2. The molecule has 1 aromatic heterocycles. The lowest BCUT2D eigenvalue weighted by molar-refractivity contribution is 0.416. The summed E-state index contributed by atoms with van der Waals surface area (Å²) in [6, 6.07) is 11.5. The van der Waals surface area contributed by atoms with Crippen LogP contribution in [0.3, 0.4) is 0 Å². The number of methoxy groups -OCH3 is 2. The van der Waals surface area contributed by atoms with E-state index in [1.165, 1.54) is 0 Å². The third kappa shape index (κ3) is 4.46. The standard InChI is InChI=1S/C21H23ClN4O2/c1-12-6-7-18(27-4)16(8-12)25-21-23-14(3)10-20(26-21)24-17-9-13(2)15(22)11-19(17)28-5/h6-11H,1-5H3,(H2,23,24,25,26). The Morgan fingerprint density at radius 1 is 0.821 bits per heavy atom. The Hall–Kier alpha value is -2.99. The predicted octanol–water partition coefficient (Wildman–Crippen LogP) is 5.56. The second-order valence-electron chi connectivity index (χ2n) is 6.47. The average Bonchev–Trinajstić information content (AvgIpc) is 2.64. The van der Waals surface area contributed by atoms with Crippen LogP contribution < -0.4 is 20.1 Å². The molecule has 3 rings (SSSR count). The van der Waals surface area contributed by atoms with E-state index in [2.05, 4.69) is 20.6 Å².